The second kappa shape index (κ2) is 4.80. The average molecular weight is 211 g/mol. The molecule has 1 heterocycles. The number of nitrogens with one attached hydrogen (secondary N) is 1. The molecule has 0 atom stereocenters. The molecule has 7 heteroatoms. The highest BCUT2D eigenvalue weighted by Gasteiger charge is 2.09. The van der Waals surface area contributed by atoms with Gasteiger partial charge in [0.25, 0.3) is 0 Å². The summed E-state index contributed by atoms with van der Waals surface area (Å²) in [6, 6.07) is 2.14. The van der Waals surface area contributed by atoms with E-state index < -0.39 is 12.0 Å². The Hall–Kier alpha value is -2.31. The fourth-order valence-electron chi connectivity index (χ4n) is 0.792. The fourth-order valence-corrected chi connectivity index (χ4v) is 0.792. The summed E-state index contributed by atoms with van der Waals surface area (Å²) in [6.45, 7) is 0. The lowest BCUT2D eigenvalue weighted by Gasteiger charge is -1.92. The Kier molecular flexibility index (Phi) is 3.44. The summed E-state index contributed by atoms with van der Waals surface area (Å²) < 4.78 is 9.43. The highest BCUT2D eigenvalue weighted by Crippen LogP contribution is 2.06. The van der Waals surface area contributed by atoms with E-state index in [4.69, 9.17) is 10.2 Å². The minimum absolute atomic E-state index is 0.0537. The van der Waals surface area contributed by atoms with Gasteiger partial charge >= 0.3 is 12.0 Å². The van der Waals surface area contributed by atoms with Gasteiger partial charge in [-0.3, -0.25) is 0 Å². The first-order valence-corrected chi connectivity index (χ1v) is 3.90. The Balaban J connectivity index is 2.64. The number of hydrogen-bond donors (Lipinski definition) is 2. The molecule has 1 rings (SSSR count). The number of nitrogens with zero attached hydrogens (tertiary/aromatic N) is 1. The molecule has 0 spiro atoms. The van der Waals surface area contributed by atoms with Crippen LogP contribution in [0, 0.1) is 0 Å². The second-order valence-electron chi connectivity index (χ2n) is 2.43. The predicted octanol–water partition coefficient (Wildman–Crippen LogP) is 0.0684. The molecular formula is C8H9N3O4. The van der Waals surface area contributed by atoms with E-state index in [1.807, 2.05) is 5.43 Å². The van der Waals surface area contributed by atoms with E-state index in [9.17, 15) is 9.59 Å². The zero-order valence-corrected chi connectivity index (χ0v) is 7.89. The number of esters is 1. The molecule has 1 aromatic rings. The maximum Gasteiger partial charge on any atom is 0.373 e. The van der Waals surface area contributed by atoms with Crippen LogP contribution in [0.5, 0.6) is 0 Å². The van der Waals surface area contributed by atoms with E-state index in [2.05, 4.69) is 9.84 Å². The lowest BCUT2D eigenvalue weighted by atomic mass is 10.4. The summed E-state index contributed by atoms with van der Waals surface area (Å²) in [5, 5.41) is 3.44. The predicted molar refractivity (Wildman–Crippen MR) is 50.4 cm³/mol. The Bertz CT molecular complexity index is 396. The number of rotatable bonds is 3. The van der Waals surface area contributed by atoms with Crippen molar-refractivity contribution >= 4 is 18.2 Å². The SMILES string of the molecule is COC(=O)c1ccc(C=NNC(N)=O)o1. The molecular weight excluding hydrogens is 202 g/mol. The van der Waals surface area contributed by atoms with Crippen molar-refractivity contribution in [2.45, 2.75) is 0 Å². The van der Waals surface area contributed by atoms with Gasteiger partial charge in [0.1, 0.15) is 5.76 Å². The van der Waals surface area contributed by atoms with Crippen LogP contribution >= 0.6 is 0 Å². The van der Waals surface area contributed by atoms with E-state index in [1.54, 1.807) is 0 Å². The van der Waals surface area contributed by atoms with E-state index >= 15 is 0 Å². The number of carbonyl (C=O) groups excluding carboxylic acids is 2. The molecule has 0 aromatic carbocycles. The number of ether oxygens (including phenoxy) is 1. The minimum Gasteiger partial charge on any atom is -0.463 e. The van der Waals surface area contributed by atoms with Crippen LogP contribution in [0.1, 0.15) is 16.3 Å². The van der Waals surface area contributed by atoms with Crippen molar-refractivity contribution in [3.05, 3.63) is 23.7 Å². The molecule has 7 nitrogen and oxygen atoms in total. The topological polar surface area (TPSA) is 107 Å². The van der Waals surface area contributed by atoms with Crippen molar-refractivity contribution in [3.63, 3.8) is 0 Å². The second-order valence-corrected chi connectivity index (χ2v) is 2.43. The number of urea groups is 1. The largest absolute Gasteiger partial charge is 0.463 e. The van der Waals surface area contributed by atoms with Crippen molar-refractivity contribution in [1.29, 1.82) is 0 Å². The number of hydrazone groups is 1. The molecule has 2 amide bonds. The molecule has 15 heavy (non-hydrogen) atoms. The van der Waals surface area contributed by atoms with Crippen LogP contribution in [0.15, 0.2) is 21.7 Å². The quantitative estimate of drug-likeness (QED) is 0.419. The molecule has 0 fully saturated rings. The van der Waals surface area contributed by atoms with Crippen molar-refractivity contribution in [2.24, 2.45) is 10.8 Å². The van der Waals surface area contributed by atoms with Gasteiger partial charge in [0.05, 0.1) is 13.3 Å². The summed E-state index contributed by atoms with van der Waals surface area (Å²) in [4.78, 5) is 21.2. The Morgan fingerprint density at radius 1 is 1.60 bits per heavy atom. The molecule has 0 unspecified atom stereocenters. The van der Waals surface area contributed by atoms with Gasteiger partial charge in [-0.25, -0.2) is 15.0 Å². The zero-order chi connectivity index (χ0) is 11.3. The Morgan fingerprint density at radius 2 is 2.33 bits per heavy atom. The molecule has 80 valence electrons. The third-order valence-corrected chi connectivity index (χ3v) is 1.38. The zero-order valence-electron chi connectivity index (χ0n) is 7.89. The monoisotopic (exact) mass is 211 g/mol. The summed E-state index contributed by atoms with van der Waals surface area (Å²) >= 11 is 0. The van der Waals surface area contributed by atoms with Crippen molar-refractivity contribution in [3.8, 4) is 0 Å². The maximum absolute atomic E-state index is 11.0. The van der Waals surface area contributed by atoms with Gasteiger partial charge in [-0.2, -0.15) is 5.10 Å². The van der Waals surface area contributed by atoms with Gasteiger partial charge in [0, 0.05) is 0 Å². The van der Waals surface area contributed by atoms with E-state index in [0.717, 1.165) is 0 Å². The third-order valence-electron chi connectivity index (χ3n) is 1.38. The molecule has 0 aliphatic carbocycles. The molecule has 0 saturated carbocycles. The Labute approximate surface area is 84.9 Å². The van der Waals surface area contributed by atoms with Crippen molar-refractivity contribution < 1.29 is 18.7 Å². The minimum atomic E-state index is -0.786. The summed E-state index contributed by atoms with van der Waals surface area (Å²) in [7, 11) is 1.24. The lowest BCUT2D eigenvalue weighted by molar-refractivity contribution is 0.0565. The summed E-state index contributed by atoms with van der Waals surface area (Å²) in [5.41, 5.74) is 6.74. The standard InChI is InChI=1S/C8H9N3O4/c1-14-7(12)6-3-2-5(15-6)4-10-11-8(9)13/h2-4H,1H3,(H3,9,11,13). The molecule has 3 N–H and O–H groups in total. The van der Waals surface area contributed by atoms with Gasteiger partial charge in [0.15, 0.2) is 0 Å². The lowest BCUT2D eigenvalue weighted by Crippen LogP contribution is -2.24. The number of furan rings is 1. The molecule has 0 bridgehead atoms. The van der Waals surface area contributed by atoms with Crippen molar-refractivity contribution in [2.75, 3.05) is 7.11 Å². The molecule has 0 aliphatic rings. The smallest absolute Gasteiger partial charge is 0.373 e. The number of nitrogens with two attached hydrogens (primary N) is 1. The molecule has 0 saturated heterocycles. The van der Waals surface area contributed by atoms with Crippen LogP contribution < -0.4 is 11.2 Å². The Morgan fingerprint density at radius 3 is 2.93 bits per heavy atom. The van der Waals surface area contributed by atoms with Crippen LogP contribution in [0.3, 0.4) is 0 Å². The highest BCUT2D eigenvalue weighted by atomic mass is 16.5. The number of carbonyl (C=O) groups is 2. The fraction of sp³-hybridized carbons (Fsp3) is 0.125. The van der Waals surface area contributed by atoms with Gasteiger partial charge in [-0.15, -0.1) is 0 Å². The summed E-state index contributed by atoms with van der Waals surface area (Å²) in [6.07, 6.45) is 1.21. The maximum atomic E-state index is 11.0. The normalized spacial score (nSPS) is 10.2. The van der Waals surface area contributed by atoms with Crippen LogP contribution in [0.2, 0.25) is 0 Å². The van der Waals surface area contributed by atoms with Gasteiger partial charge < -0.3 is 14.9 Å². The van der Waals surface area contributed by atoms with Crippen LogP contribution in [-0.2, 0) is 4.74 Å². The van der Waals surface area contributed by atoms with Crippen molar-refractivity contribution in [1.82, 2.24) is 5.43 Å². The molecule has 0 aliphatic heterocycles. The molecule has 1 aromatic heterocycles. The van der Waals surface area contributed by atoms with E-state index in [0.29, 0.717) is 5.76 Å². The van der Waals surface area contributed by atoms with Crippen LogP contribution in [0.4, 0.5) is 4.79 Å². The average Bonchev–Trinajstić information content (AvgIpc) is 2.65. The summed E-state index contributed by atoms with van der Waals surface area (Å²) in [5.74, 6) is -0.236. The van der Waals surface area contributed by atoms with E-state index in [1.165, 1.54) is 25.5 Å². The first kappa shape index (κ1) is 10.8. The first-order chi connectivity index (χ1) is 7.13. The van der Waals surface area contributed by atoms with Gasteiger partial charge in [-0.05, 0) is 12.1 Å². The number of hydrogen-bond acceptors (Lipinski definition) is 5. The van der Waals surface area contributed by atoms with Gasteiger partial charge in [0.2, 0.25) is 5.76 Å². The number of primary amides is 1. The van der Waals surface area contributed by atoms with Gasteiger partial charge in [-0.1, -0.05) is 0 Å². The third kappa shape index (κ3) is 3.14. The van der Waals surface area contributed by atoms with E-state index in [-0.39, 0.29) is 5.76 Å². The van der Waals surface area contributed by atoms with Crippen LogP contribution in [0.25, 0.3) is 0 Å². The molecule has 0 radical (unpaired) electrons. The van der Waals surface area contributed by atoms with Crippen LogP contribution in [-0.4, -0.2) is 25.3 Å². The number of amides is 2. The number of methoxy groups -OCH3 is 1. The highest BCUT2D eigenvalue weighted by molar-refractivity contribution is 5.88. The first-order valence-electron chi connectivity index (χ1n) is 3.90.